The number of thiazole rings is 1. The molecule has 8 heteroatoms. The molecule has 3 rings (SSSR count). The second-order valence-corrected chi connectivity index (χ2v) is 8.24. The molecular formula is C12H18N4O2S2. The van der Waals surface area contributed by atoms with Crippen LogP contribution in [0.25, 0.3) is 4.96 Å². The van der Waals surface area contributed by atoms with Crippen LogP contribution in [0.15, 0.2) is 16.6 Å². The lowest BCUT2D eigenvalue weighted by Gasteiger charge is -2.23. The van der Waals surface area contributed by atoms with Crippen molar-refractivity contribution in [3.63, 3.8) is 0 Å². The lowest BCUT2D eigenvalue weighted by molar-refractivity contribution is 0.358. The van der Waals surface area contributed by atoms with Crippen molar-refractivity contribution in [2.45, 2.75) is 37.8 Å². The van der Waals surface area contributed by atoms with Crippen LogP contribution in [-0.2, 0) is 10.0 Å². The van der Waals surface area contributed by atoms with Gasteiger partial charge in [-0.05, 0) is 18.8 Å². The first-order chi connectivity index (χ1) is 9.41. The molecule has 2 heterocycles. The molecule has 0 aromatic carbocycles. The van der Waals surface area contributed by atoms with Gasteiger partial charge >= 0.3 is 0 Å². The summed E-state index contributed by atoms with van der Waals surface area (Å²) in [4.78, 5) is 4.75. The zero-order chi connectivity index (χ0) is 14.5. The van der Waals surface area contributed by atoms with E-state index in [-0.39, 0.29) is 22.8 Å². The summed E-state index contributed by atoms with van der Waals surface area (Å²) in [7, 11) is -3.60. The van der Waals surface area contributed by atoms with E-state index in [9.17, 15) is 8.42 Å². The van der Waals surface area contributed by atoms with Gasteiger partial charge in [-0.15, -0.1) is 11.3 Å². The molecule has 0 unspecified atom stereocenters. The van der Waals surface area contributed by atoms with E-state index < -0.39 is 10.0 Å². The maximum Gasteiger partial charge on any atom is 0.263 e. The lowest BCUT2D eigenvalue weighted by Crippen LogP contribution is -2.37. The van der Waals surface area contributed by atoms with Gasteiger partial charge in [0.05, 0.1) is 0 Å². The van der Waals surface area contributed by atoms with Crippen molar-refractivity contribution >= 4 is 32.1 Å². The van der Waals surface area contributed by atoms with Gasteiger partial charge in [-0.25, -0.2) is 13.4 Å². The first-order valence-electron chi connectivity index (χ1n) is 6.64. The van der Waals surface area contributed by atoms with Gasteiger partial charge in [0.2, 0.25) is 0 Å². The predicted octanol–water partition coefficient (Wildman–Crippen LogP) is 1.79. The van der Waals surface area contributed by atoms with E-state index >= 15 is 0 Å². The molecule has 0 aliphatic heterocycles. The van der Waals surface area contributed by atoms with Crippen molar-refractivity contribution in [2.24, 2.45) is 5.92 Å². The van der Waals surface area contributed by atoms with Crippen LogP contribution < -0.4 is 5.73 Å². The number of nitrogens with zero attached hydrogens (tertiary/aromatic N) is 3. The SMILES string of the molecule is CC(C)CN(C1CC1)S(=O)(=O)c1c(N)nc2sccn12. The van der Waals surface area contributed by atoms with Crippen LogP contribution in [0.1, 0.15) is 26.7 Å². The highest BCUT2D eigenvalue weighted by molar-refractivity contribution is 7.89. The Morgan fingerprint density at radius 2 is 2.25 bits per heavy atom. The molecule has 0 radical (unpaired) electrons. The minimum absolute atomic E-state index is 0.0891. The van der Waals surface area contributed by atoms with Gasteiger partial charge in [-0.3, -0.25) is 4.40 Å². The van der Waals surface area contributed by atoms with Crippen LogP contribution in [0, 0.1) is 5.92 Å². The van der Waals surface area contributed by atoms with Crippen molar-refractivity contribution in [2.75, 3.05) is 12.3 Å². The van der Waals surface area contributed by atoms with E-state index in [2.05, 4.69) is 4.98 Å². The van der Waals surface area contributed by atoms with Crippen molar-refractivity contribution in [1.29, 1.82) is 0 Å². The molecule has 6 nitrogen and oxygen atoms in total. The van der Waals surface area contributed by atoms with Crippen molar-refractivity contribution in [1.82, 2.24) is 13.7 Å². The summed E-state index contributed by atoms with van der Waals surface area (Å²) in [6, 6.07) is 0.117. The highest BCUT2D eigenvalue weighted by Gasteiger charge is 2.40. The van der Waals surface area contributed by atoms with Crippen molar-refractivity contribution < 1.29 is 8.42 Å². The summed E-state index contributed by atoms with van der Waals surface area (Å²) in [5.41, 5.74) is 5.84. The summed E-state index contributed by atoms with van der Waals surface area (Å²) in [5.74, 6) is 0.365. The first-order valence-corrected chi connectivity index (χ1v) is 8.96. The number of sulfonamides is 1. The second kappa shape index (κ2) is 4.71. The van der Waals surface area contributed by atoms with Crippen LogP contribution in [0.3, 0.4) is 0 Å². The molecule has 1 aliphatic rings. The fraction of sp³-hybridized carbons (Fsp3) is 0.583. The fourth-order valence-corrected chi connectivity index (χ4v) is 5.12. The van der Waals surface area contributed by atoms with Gasteiger partial charge in [0, 0.05) is 24.2 Å². The molecule has 2 aromatic rings. The van der Waals surface area contributed by atoms with E-state index in [0.29, 0.717) is 11.5 Å². The van der Waals surface area contributed by atoms with Gasteiger partial charge in [0.25, 0.3) is 10.0 Å². The topological polar surface area (TPSA) is 80.7 Å². The third kappa shape index (κ3) is 2.21. The third-order valence-electron chi connectivity index (χ3n) is 3.30. The van der Waals surface area contributed by atoms with Gasteiger partial charge in [-0.2, -0.15) is 4.31 Å². The normalized spacial score (nSPS) is 16.6. The number of nitrogen functional groups attached to an aromatic ring is 1. The van der Waals surface area contributed by atoms with Gasteiger partial charge < -0.3 is 5.73 Å². The van der Waals surface area contributed by atoms with Crippen LogP contribution in [0.4, 0.5) is 5.82 Å². The summed E-state index contributed by atoms with van der Waals surface area (Å²) >= 11 is 1.38. The molecule has 0 amide bonds. The maximum absolute atomic E-state index is 12.9. The molecule has 2 aromatic heterocycles. The molecular weight excluding hydrogens is 296 g/mol. The number of hydrogen-bond donors (Lipinski definition) is 1. The van der Waals surface area contributed by atoms with E-state index in [1.54, 1.807) is 14.9 Å². The van der Waals surface area contributed by atoms with Gasteiger partial charge in [0.1, 0.15) is 0 Å². The van der Waals surface area contributed by atoms with Crippen LogP contribution in [-0.4, -0.2) is 34.7 Å². The Bertz CT molecular complexity index is 728. The molecule has 2 N–H and O–H groups in total. The lowest BCUT2D eigenvalue weighted by atomic mass is 10.2. The summed E-state index contributed by atoms with van der Waals surface area (Å²) in [6.45, 7) is 4.56. The minimum Gasteiger partial charge on any atom is -0.381 e. The Kier molecular flexibility index (Phi) is 3.26. The van der Waals surface area contributed by atoms with Gasteiger partial charge in [0.15, 0.2) is 15.8 Å². The maximum atomic E-state index is 12.9. The minimum atomic E-state index is -3.60. The van der Waals surface area contributed by atoms with E-state index in [1.807, 2.05) is 19.2 Å². The number of anilines is 1. The smallest absolute Gasteiger partial charge is 0.263 e. The average Bonchev–Trinajstić information content (AvgIpc) is 2.99. The number of rotatable bonds is 5. The molecule has 1 aliphatic carbocycles. The molecule has 0 atom stereocenters. The molecule has 1 saturated carbocycles. The molecule has 0 saturated heterocycles. The molecule has 0 bridgehead atoms. The number of aromatic nitrogens is 2. The highest BCUT2D eigenvalue weighted by Crippen LogP contribution is 2.35. The standard InChI is InChI=1S/C12H18N4O2S2/c1-8(2)7-16(9-3-4-9)20(17,18)11-10(13)14-12-15(11)5-6-19-12/h5-6,8-9H,3-4,7,13H2,1-2H3. The second-order valence-electron chi connectivity index (χ2n) is 5.56. The van der Waals surface area contributed by atoms with Crippen molar-refractivity contribution in [3.05, 3.63) is 11.6 Å². The highest BCUT2D eigenvalue weighted by atomic mass is 32.2. The van der Waals surface area contributed by atoms with E-state index in [1.165, 1.54) is 11.3 Å². The van der Waals surface area contributed by atoms with Crippen LogP contribution >= 0.6 is 11.3 Å². The zero-order valence-electron chi connectivity index (χ0n) is 11.5. The molecule has 110 valence electrons. The molecule has 20 heavy (non-hydrogen) atoms. The Balaban J connectivity index is 2.09. The van der Waals surface area contributed by atoms with E-state index in [4.69, 9.17) is 5.73 Å². The fourth-order valence-electron chi connectivity index (χ4n) is 2.32. The van der Waals surface area contributed by atoms with Crippen LogP contribution in [0.2, 0.25) is 0 Å². The number of fused-ring (bicyclic) bond motifs is 1. The summed E-state index contributed by atoms with van der Waals surface area (Å²) in [6.07, 6.45) is 3.56. The predicted molar refractivity (Wildman–Crippen MR) is 79.2 cm³/mol. The van der Waals surface area contributed by atoms with Gasteiger partial charge in [-0.1, -0.05) is 13.8 Å². The molecule has 0 spiro atoms. The Morgan fingerprint density at radius 3 is 2.85 bits per heavy atom. The largest absolute Gasteiger partial charge is 0.381 e. The monoisotopic (exact) mass is 314 g/mol. The van der Waals surface area contributed by atoms with E-state index in [0.717, 1.165) is 12.8 Å². The number of hydrogen-bond acceptors (Lipinski definition) is 5. The summed E-state index contributed by atoms with van der Waals surface area (Å²) < 4.78 is 29.0. The first kappa shape index (κ1) is 13.8. The Hall–Kier alpha value is -1.12. The Labute approximate surface area is 122 Å². The zero-order valence-corrected chi connectivity index (χ0v) is 13.1. The quantitative estimate of drug-likeness (QED) is 0.912. The average molecular weight is 314 g/mol. The van der Waals surface area contributed by atoms with Crippen molar-refractivity contribution in [3.8, 4) is 0 Å². The Morgan fingerprint density at radius 1 is 1.55 bits per heavy atom. The van der Waals surface area contributed by atoms with Crippen LogP contribution in [0.5, 0.6) is 0 Å². The molecule has 1 fully saturated rings. The number of nitrogens with two attached hydrogens (primary N) is 1. The summed E-state index contributed by atoms with van der Waals surface area (Å²) in [5, 5.41) is 1.92. The third-order valence-corrected chi connectivity index (χ3v) is 6.01. The number of imidazole rings is 1.